The molecule has 1 aromatic rings. The van der Waals surface area contributed by atoms with Crippen molar-refractivity contribution in [2.75, 3.05) is 7.11 Å². The highest BCUT2D eigenvalue weighted by atomic mass is 79.9. The van der Waals surface area contributed by atoms with Gasteiger partial charge in [0, 0.05) is 16.6 Å². The summed E-state index contributed by atoms with van der Waals surface area (Å²) < 4.78 is 7.00. The molecule has 1 unspecified atom stereocenters. The lowest BCUT2D eigenvalue weighted by molar-refractivity contribution is -0.139. The van der Waals surface area contributed by atoms with Gasteiger partial charge in [0.05, 0.1) is 11.6 Å². The second-order valence-corrected chi connectivity index (χ2v) is 5.29. The predicted octanol–water partition coefficient (Wildman–Crippen LogP) is 2.78. The summed E-state index contributed by atoms with van der Waals surface area (Å²) >= 11 is 6.78. The van der Waals surface area contributed by atoms with Crippen molar-refractivity contribution < 1.29 is 14.6 Å². The van der Waals surface area contributed by atoms with E-state index in [0.717, 1.165) is 14.5 Å². The van der Waals surface area contributed by atoms with Crippen LogP contribution in [0.15, 0.2) is 21.1 Å². The topological polar surface area (TPSA) is 58.6 Å². The summed E-state index contributed by atoms with van der Waals surface area (Å²) in [7, 11) is 1.58. The van der Waals surface area contributed by atoms with Gasteiger partial charge in [-0.15, -0.1) is 0 Å². The molecule has 17 heavy (non-hydrogen) atoms. The van der Waals surface area contributed by atoms with E-state index in [4.69, 9.17) is 9.84 Å². The Kier molecular flexibility index (Phi) is 5.42. The molecular weight excluding hydrogens is 354 g/mol. The molecule has 4 nitrogen and oxygen atoms in total. The molecule has 6 heteroatoms. The Bertz CT molecular complexity index is 423. The van der Waals surface area contributed by atoms with Gasteiger partial charge < -0.3 is 15.2 Å². The number of ether oxygens (including phenoxy) is 1. The third kappa shape index (κ3) is 3.97. The van der Waals surface area contributed by atoms with Crippen LogP contribution in [0.3, 0.4) is 0 Å². The molecule has 2 N–H and O–H groups in total. The van der Waals surface area contributed by atoms with E-state index in [1.54, 1.807) is 14.0 Å². The van der Waals surface area contributed by atoms with Gasteiger partial charge in [0.1, 0.15) is 11.8 Å². The van der Waals surface area contributed by atoms with Crippen LogP contribution in [-0.4, -0.2) is 24.2 Å². The zero-order chi connectivity index (χ0) is 13.0. The second kappa shape index (κ2) is 6.37. The summed E-state index contributed by atoms with van der Waals surface area (Å²) in [6.07, 6.45) is 0. The van der Waals surface area contributed by atoms with Crippen LogP contribution >= 0.6 is 31.9 Å². The minimum Gasteiger partial charge on any atom is -0.495 e. The van der Waals surface area contributed by atoms with Crippen molar-refractivity contribution in [3.05, 3.63) is 26.6 Å². The van der Waals surface area contributed by atoms with Crippen molar-refractivity contribution in [1.29, 1.82) is 0 Å². The molecule has 0 saturated carbocycles. The molecule has 1 rings (SSSR count). The molecule has 0 amide bonds. The van der Waals surface area contributed by atoms with Gasteiger partial charge in [0.2, 0.25) is 0 Å². The van der Waals surface area contributed by atoms with Gasteiger partial charge in [-0.1, -0.05) is 15.9 Å². The highest BCUT2D eigenvalue weighted by molar-refractivity contribution is 9.11. The molecule has 0 radical (unpaired) electrons. The van der Waals surface area contributed by atoms with Gasteiger partial charge in [0.25, 0.3) is 0 Å². The van der Waals surface area contributed by atoms with E-state index in [-0.39, 0.29) is 0 Å². The van der Waals surface area contributed by atoms with Crippen molar-refractivity contribution in [3.8, 4) is 5.75 Å². The molecule has 0 aliphatic carbocycles. The largest absolute Gasteiger partial charge is 0.495 e. The fraction of sp³-hybridized carbons (Fsp3) is 0.364. The van der Waals surface area contributed by atoms with Gasteiger partial charge in [-0.3, -0.25) is 4.79 Å². The second-order valence-electron chi connectivity index (χ2n) is 3.52. The van der Waals surface area contributed by atoms with E-state index >= 15 is 0 Å². The number of carboxylic acids is 1. The third-order valence-electron chi connectivity index (χ3n) is 2.26. The standard InChI is InChI=1S/C11H13Br2NO3/c1-6(11(15)16)14-5-7-3-8(12)4-9(13)10(7)17-2/h3-4,6,14H,5H2,1-2H3,(H,15,16). The summed E-state index contributed by atoms with van der Waals surface area (Å²) in [6, 6.07) is 3.17. The minimum atomic E-state index is -0.877. The van der Waals surface area contributed by atoms with E-state index in [1.165, 1.54) is 0 Å². The van der Waals surface area contributed by atoms with Crippen molar-refractivity contribution in [2.24, 2.45) is 0 Å². The maximum absolute atomic E-state index is 10.7. The molecule has 0 heterocycles. The Balaban J connectivity index is 2.86. The molecule has 0 saturated heterocycles. The molecule has 1 aromatic carbocycles. The lowest BCUT2D eigenvalue weighted by atomic mass is 10.2. The molecule has 0 fully saturated rings. The molecule has 0 spiro atoms. The number of nitrogens with one attached hydrogen (secondary N) is 1. The normalized spacial score (nSPS) is 12.2. The number of benzene rings is 1. The van der Waals surface area contributed by atoms with Gasteiger partial charge in [-0.2, -0.15) is 0 Å². The van der Waals surface area contributed by atoms with Crippen LogP contribution in [0.2, 0.25) is 0 Å². The Labute approximate surface area is 117 Å². The van der Waals surface area contributed by atoms with Crippen LogP contribution in [0.4, 0.5) is 0 Å². The van der Waals surface area contributed by atoms with Gasteiger partial charge in [-0.25, -0.2) is 0 Å². The van der Waals surface area contributed by atoms with Crippen LogP contribution in [0.1, 0.15) is 12.5 Å². The highest BCUT2D eigenvalue weighted by Crippen LogP contribution is 2.32. The molecule has 94 valence electrons. The van der Waals surface area contributed by atoms with Crippen LogP contribution in [0.5, 0.6) is 5.75 Å². The van der Waals surface area contributed by atoms with E-state index in [1.807, 2.05) is 12.1 Å². The summed E-state index contributed by atoms with van der Waals surface area (Å²) in [5, 5.41) is 11.7. The smallest absolute Gasteiger partial charge is 0.320 e. The average Bonchev–Trinajstić information content (AvgIpc) is 2.24. The number of halogens is 2. The number of carboxylic acid groups (broad SMARTS) is 1. The number of carbonyl (C=O) groups is 1. The first-order valence-corrected chi connectivity index (χ1v) is 6.52. The number of aliphatic carboxylic acids is 1. The quantitative estimate of drug-likeness (QED) is 0.841. The summed E-state index contributed by atoms with van der Waals surface area (Å²) in [4.78, 5) is 10.7. The molecule has 0 bridgehead atoms. The zero-order valence-corrected chi connectivity index (χ0v) is 12.6. The maximum Gasteiger partial charge on any atom is 0.320 e. The fourth-order valence-corrected chi connectivity index (χ4v) is 2.80. The van der Waals surface area contributed by atoms with Crippen LogP contribution in [0.25, 0.3) is 0 Å². The summed E-state index contributed by atoms with van der Waals surface area (Å²) in [5.41, 5.74) is 0.891. The predicted molar refractivity (Wildman–Crippen MR) is 72.3 cm³/mol. The number of methoxy groups -OCH3 is 1. The average molecular weight is 367 g/mol. The Morgan fingerprint density at radius 2 is 2.18 bits per heavy atom. The van der Waals surface area contributed by atoms with Crippen molar-refractivity contribution in [2.45, 2.75) is 19.5 Å². The first-order valence-electron chi connectivity index (χ1n) is 4.93. The van der Waals surface area contributed by atoms with Crippen LogP contribution in [0, 0.1) is 0 Å². The zero-order valence-electron chi connectivity index (χ0n) is 9.46. The number of hydrogen-bond acceptors (Lipinski definition) is 3. The Morgan fingerprint density at radius 3 is 2.71 bits per heavy atom. The van der Waals surface area contributed by atoms with Crippen molar-refractivity contribution in [1.82, 2.24) is 5.32 Å². The van der Waals surface area contributed by atoms with Crippen molar-refractivity contribution >= 4 is 37.8 Å². The molecule has 0 aliphatic rings. The van der Waals surface area contributed by atoms with Gasteiger partial charge in [-0.05, 0) is 35.0 Å². The van der Waals surface area contributed by atoms with Crippen molar-refractivity contribution in [3.63, 3.8) is 0 Å². The molecular formula is C11H13Br2NO3. The lowest BCUT2D eigenvalue weighted by Gasteiger charge is -2.14. The first-order chi connectivity index (χ1) is 7.95. The summed E-state index contributed by atoms with van der Waals surface area (Å²) in [5.74, 6) is -0.170. The Morgan fingerprint density at radius 1 is 1.53 bits per heavy atom. The Hall–Kier alpha value is -0.590. The number of hydrogen-bond donors (Lipinski definition) is 2. The van der Waals surface area contributed by atoms with Gasteiger partial charge in [0.15, 0.2) is 0 Å². The van der Waals surface area contributed by atoms with E-state index in [2.05, 4.69) is 37.2 Å². The molecule has 0 aliphatic heterocycles. The van der Waals surface area contributed by atoms with Gasteiger partial charge >= 0.3 is 5.97 Å². The maximum atomic E-state index is 10.7. The van der Waals surface area contributed by atoms with E-state index in [0.29, 0.717) is 12.3 Å². The first kappa shape index (κ1) is 14.5. The monoisotopic (exact) mass is 365 g/mol. The highest BCUT2D eigenvalue weighted by Gasteiger charge is 2.13. The third-order valence-corrected chi connectivity index (χ3v) is 3.31. The van der Waals surface area contributed by atoms with Crippen LogP contribution < -0.4 is 10.1 Å². The van der Waals surface area contributed by atoms with E-state index < -0.39 is 12.0 Å². The van der Waals surface area contributed by atoms with Crippen LogP contribution in [-0.2, 0) is 11.3 Å². The fourth-order valence-electron chi connectivity index (χ4n) is 1.32. The molecule has 0 aromatic heterocycles. The summed E-state index contributed by atoms with van der Waals surface area (Å²) in [6.45, 7) is 2.02. The van der Waals surface area contributed by atoms with E-state index in [9.17, 15) is 4.79 Å². The minimum absolute atomic E-state index is 0.425. The molecule has 1 atom stereocenters. The number of rotatable bonds is 5. The SMILES string of the molecule is COc1c(Br)cc(Br)cc1CNC(C)C(=O)O. The lowest BCUT2D eigenvalue weighted by Crippen LogP contribution is -2.33.